The third-order valence-corrected chi connectivity index (χ3v) is 6.17. The highest BCUT2D eigenvalue weighted by molar-refractivity contribution is 7.99. The summed E-state index contributed by atoms with van der Waals surface area (Å²) < 4.78 is 1.94. The van der Waals surface area contributed by atoms with Crippen LogP contribution >= 0.6 is 11.8 Å². The molecule has 2 aromatic carbocycles. The molecule has 1 aromatic heterocycles. The summed E-state index contributed by atoms with van der Waals surface area (Å²) in [5, 5.41) is 16.5. The van der Waals surface area contributed by atoms with Crippen LogP contribution in [0, 0.1) is 18.3 Å². The normalized spacial score (nSPS) is 12.4. The minimum Gasteiger partial charge on any atom is -0.320 e. The second-order valence-electron chi connectivity index (χ2n) is 7.03. The fourth-order valence-electron chi connectivity index (χ4n) is 3.70. The quantitative estimate of drug-likeness (QED) is 0.469. The zero-order valence-corrected chi connectivity index (χ0v) is 17.1. The fraction of sp³-hybridized carbons (Fsp3) is 0.261. The first-order chi connectivity index (χ1) is 14.2. The Morgan fingerprint density at radius 2 is 2.00 bits per heavy atom. The lowest BCUT2D eigenvalue weighted by Crippen LogP contribution is -2.15. The molecule has 146 valence electrons. The van der Waals surface area contributed by atoms with Crippen molar-refractivity contribution in [1.82, 2.24) is 9.78 Å². The molecular weight excluding hydrogens is 380 g/mol. The van der Waals surface area contributed by atoms with Gasteiger partial charge in [-0.05, 0) is 49.9 Å². The number of hydrogen-bond acceptors (Lipinski definition) is 4. The van der Waals surface area contributed by atoms with Gasteiger partial charge >= 0.3 is 0 Å². The maximum Gasteiger partial charge on any atom is 0.276 e. The standard InChI is InChI=1S/C23H22N4OS/c1-16-8-2-4-11-19(16)27-20-12-6-9-17(20)22(26-27)23(28)25-18-10-3-5-13-21(18)29-15-7-14-24/h2-5,8,10-11,13H,6-7,9,12,15H2,1H3,(H,25,28). The number of nitrogens with zero attached hydrogens (tertiary/aromatic N) is 3. The first kappa shape index (κ1) is 19.3. The smallest absolute Gasteiger partial charge is 0.276 e. The number of nitriles is 1. The third kappa shape index (κ3) is 3.92. The SMILES string of the molecule is Cc1ccccc1-n1nc(C(=O)Nc2ccccc2SCCC#N)c2c1CCC2. The molecular formula is C23H22N4OS. The van der Waals surface area contributed by atoms with Crippen molar-refractivity contribution in [2.24, 2.45) is 0 Å². The molecule has 0 unspecified atom stereocenters. The Balaban J connectivity index is 1.64. The second-order valence-corrected chi connectivity index (χ2v) is 8.17. The van der Waals surface area contributed by atoms with E-state index >= 15 is 0 Å². The van der Waals surface area contributed by atoms with E-state index in [1.165, 1.54) is 0 Å². The Kier molecular flexibility index (Phi) is 5.68. The van der Waals surface area contributed by atoms with Gasteiger partial charge in [-0.1, -0.05) is 30.3 Å². The Morgan fingerprint density at radius 1 is 1.21 bits per heavy atom. The number of carbonyl (C=O) groups excluding carboxylic acids is 1. The molecule has 1 N–H and O–H groups in total. The van der Waals surface area contributed by atoms with E-state index in [-0.39, 0.29) is 5.91 Å². The lowest BCUT2D eigenvalue weighted by atomic mass is 10.1. The molecule has 5 nitrogen and oxygen atoms in total. The van der Waals surface area contributed by atoms with Crippen LogP contribution in [-0.2, 0) is 12.8 Å². The number of benzene rings is 2. The first-order valence-electron chi connectivity index (χ1n) is 9.76. The number of carbonyl (C=O) groups is 1. The second kappa shape index (κ2) is 8.54. The number of para-hydroxylation sites is 2. The number of thioether (sulfide) groups is 1. The molecule has 1 aliphatic rings. The van der Waals surface area contributed by atoms with Gasteiger partial charge in [-0.25, -0.2) is 4.68 Å². The van der Waals surface area contributed by atoms with Crippen LogP contribution in [0.3, 0.4) is 0 Å². The molecule has 3 aromatic rings. The highest BCUT2D eigenvalue weighted by Gasteiger charge is 2.27. The predicted molar refractivity (Wildman–Crippen MR) is 116 cm³/mol. The summed E-state index contributed by atoms with van der Waals surface area (Å²) in [5.41, 5.74) is 5.63. The average molecular weight is 403 g/mol. The number of aromatic nitrogens is 2. The summed E-state index contributed by atoms with van der Waals surface area (Å²) in [6, 6.07) is 18.0. The van der Waals surface area contributed by atoms with Crippen molar-refractivity contribution in [2.45, 2.75) is 37.5 Å². The van der Waals surface area contributed by atoms with Crippen molar-refractivity contribution >= 4 is 23.4 Å². The van der Waals surface area contributed by atoms with Crippen molar-refractivity contribution in [3.8, 4) is 11.8 Å². The van der Waals surface area contributed by atoms with Crippen LogP contribution in [0.4, 0.5) is 5.69 Å². The van der Waals surface area contributed by atoms with Crippen LogP contribution in [0.15, 0.2) is 53.4 Å². The minimum atomic E-state index is -0.177. The Hall–Kier alpha value is -3.04. The van der Waals surface area contributed by atoms with E-state index < -0.39 is 0 Å². The van der Waals surface area contributed by atoms with E-state index in [4.69, 9.17) is 10.4 Å². The molecule has 0 radical (unpaired) electrons. The largest absolute Gasteiger partial charge is 0.320 e. The third-order valence-electron chi connectivity index (χ3n) is 5.10. The topological polar surface area (TPSA) is 70.7 Å². The zero-order valence-electron chi connectivity index (χ0n) is 16.3. The van der Waals surface area contributed by atoms with E-state index in [0.29, 0.717) is 17.9 Å². The molecule has 6 heteroatoms. The summed E-state index contributed by atoms with van der Waals surface area (Å²) in [7, 11) is 0. The minimum absolute atomic E-state index is 0.177. The van der Waals surface area contributed by atoms with Gasteiger partial charge in [0.05, 0.1) is 17.4 Å². The summed E-state index contributed by atoms with van der Waals surface area (Å²) in [6.07, 6.45) is 3.33. The maximum absolute atomic E-state index is 13.1. The van der Waals surface area contributed by atoms with Gasteiger partial charge < -0.3 is 5.32 Å². The Morgan fingerprint density at radius 3 is 2.83 bits per heavy atom. The number of hydrogen-bond donors (Lipinski definition) is 1. The van der Waals surface area contributed by atoms with Crippen molar-refractivity contribution in [1.29, 1.82) is 5.26 Å². The summed E-state index contributed by atoms with van der Waals surface area (Å²) in [5.74, 6) is 0.518. The summed E-state index contributed by atoms with van der Waals surface area (Å²) >= 11 is 1.58. The summed E-state index contributed by atoms with van der Waals surface area (Å²) in [4.78, 5) is 14.1. The number of amides is 1. The maximum atomic E-state index is 13.1. The molecule has 0 bridgehead atoms. The van der Waals surface area contributed by atoms with Crippen LogP contribution < -0.4 is 5.32 Å². The highest BCUT2D eigenvalue weighted by atomic mass is 32.2. The molecule has 1 aliphatic carbocycles. The van der Waals surface area contributed by atoms with Crippen LogP contribution in [0.2, 0.25) is 0 Å². The molecule has 1 heterocycles. The van der Waals surface area contributed by atoms with E-state index in [1.54, 1.807) is 11.8 Å². The Labute approximate surface area is 174 Å². The van der Waals surface area contributed by atoms with Gasteiger partial charge in [0.25, 0.3) is 5.91 Å². The van der Waals surface area contributed by atoms with Crippen LogP contribution in [0.5, 0.6) is 0 Å². The highest BCUT2D eigenvalue weighted by Crippen LogP contribution is 2.31. The van der Waals surface area contributed by atoms with Crippen molar-refractivity contribution in [3.05, 3.63) is 71.0 Å². The number of nitrogens with one attached hydrogen (secondary N) is 1. The number of anilines is 1. The van der Waals surface area contributed by atoms with Gasteiger partial charge in [0, 0.05) is 28.3 Å². The van der Waals surface area contributed by atoms with E-state index in [9.17, 15) is 4.79 Å². The van der Waals surface area contributed by atoms with Gasteiger partial charge in [0.15, 0.2) is 5.69 Å². The van der Waals surface area contributed by atoms with Gasteiger partial charge in [0.1, 0.15) is 0 Å². The van der Waals surface area contributed by atoms with E-state index in [1.807, 2.05) is 47.1 Å². The molecule has 0 spiro atoms. The van der Waals surface area contributed by atoms with Crippen LogP contribution in [0.25, 0.3) is 5.69 Å². The average Bonchev–Trinajstić information content (AvgIpc) is 3.33. The van der Waals surface area contributed by atoms with Crippen molar-refractivity contribution in [2.75, 3.05) is 11.1 Å². The molecule has 0 saturated carbocycles. The number of fused-ring (bicyclic) bond motifs is 1. The molecule has 0 atom stereocenters. The summed E-state index contributed by atoms with van der Waals surface area (Å²) in [6.45, 7) is 2.06. The molecule has 0 saturated heterocycles. The van der Waals surface area contributed by atoms with E-state index in [0.717, 1.165) is 52.4 Å². The Bertz CT molecular complexity index is 1100. The molecule has 4 rings (SSSR count). The lowest BCUT2D eigenvalue weighted by Gasteiger charge is -2.10. The van der Waals surface area contributed by atoms with Crippen LogP contribution in [-0.4, -0.2) is 21.4 Å². The molecule has 29 heavy (non-hydrogen) atoms. The predicted octanol–water partition coefficient (Wildman–Crippen LogP) is 4.93. The lowest BCUT2D eigenvalue weighted by molar-refractivity contribution is 0.102. The van der Waals surface area contributed by atoms with E-state index in [2.05, 4.69) is 24.4 Å². The van der Waals surface area contributed by atoms with Gasteiger partial charge in [-0.15, -0.1) is 11.8 Å². The van der Waals surface area contributed by atoms with Crippen molar-refractivity contribution in [3.63, 3.8) is 0 Å². The number of rotatable bonds is 6. The molecule has 0 fully saturated rings. The number of aryl methyl sites for hydroxylation is 1. The zero-order chi connectivity index (χ0) is 20.2. The fourth-order valence-corrected chi connectivity index (χ4v) is 4.57. The monoisotopic (exact) mass is 402 g/mol. The van der Waals surface area contributed by atoms with Crippen LogP contribution in [0.1, 0.15) is 40.2 Å². The first-order valence-corrected chi connectivity index (χ1v) is 10.7. The van der Waals surface area contributed by atoms with Gasteiger partial charge in [-0.3, -0.25) is 4.79 Å². The van der Waals surface area contributed by atoms with Crippen molar-refractivity contribution < 1.29 is 4.79 Å². The molecule has 0 aliphatic heterocycles. The molecule has 1 amide bonds. The van der Waals surface area contributed by atoms with Gasteiger partial charge in [0.2, 0.25) is 0 Å². The van der Waals surface area contributed by atoms with Gasteiger partial charge in [-0.2, -0.15) is 10.4 Å².